The van der Waals surface area contributed by atoms with Crippen LogP contribution in [-0.2, 0) is 14.4 Å². The van der Waals surface area contributed by atoms with Crippen molar-refractivity contribution in [3.8, 4) is 23.0 Å². The Balaban J connectivity index is 1.56. The molecule has 0 aliphatic heterocycles. The molecule has 0 bridgehead atoms. The second-order valence-electron chi connectivity index (χ2n) is 7.42. The van der Waals surface area contributed by atoms with Crippen molar-refractivity contribution in [3.05, 3.63) is 115 Å². The number of carbonyl (C=O) groups is 4. The number of rotatable bonds is 9. The smallest absolute Gasteiger partial charge is 0.343 e. The van der Waals surface area contributed by atoms with E-state index in [1.165, 1.54) is 42.5 Å². The second kappa shape index (κ2) is 12.5. The summed E-state index contributed by atoms with van der Waals surface area (Å²) in [6.07, 6.45) is 4.90. The van der Waals surface area contributed by atoms with E-state index in [2.05, 4.69) is 13.2 Å². The quantitative estimate of drug-likeness (QED) is 0.230. The molecule has 186 valence electrons. The Bertz CT molecular complexity index is 1370. The maximum absolute atomic E-state index is 12.5. The molecular weight excluding hydrogens is 476 g/mol. The third kappa shape index (κ3) is 7.90. The first-order valence-electron chi connectivity index (χ1n) is 10.9. The van der Waals surface area contributed by atoms with Crippen molar-refractivity contribution in [1.82, 2.24) is 0 Å². The SMILES string of the molecule is C=CC(=O)Oc1ccc(/C=C/C(=O)Oc2ccc(OC(=O)c3ccc(OC(=O)C=C)cc3)c(C)c2)cc1. The Hall–Kier alpha value is -5.24. The zero-order valence-corrected chi connectivity index (χ0v) is 19.8. The molecule has 0 heterocycles. The van der Waals surface area contributed by atoms with E-state index in [9.17, 15) is 19.2 Å². The highest BCUT2D eigenvalue weighted by Crippen LogP contribution is 2.25. The molecule has 0 amide bonds. The summed E-state index contributed by atoms with van der Waals surface area (Å²) in [6, 6.07) is 17.0. The molecular formula is C29H22O8. The molecule has 0 spiro atoms. The maximum Gasteiger partial charge on any atom is 0.343 e. The van der Waals surface area contributed by atoms with Gasteiger partial charge in [0, 0.05) is 18.2 Å². The van der Waals surface area contributed by atoms with Crippen molar-refractivity contribution in [2.24, 2.45) is 0 Å². The van der Waals surface area contributed by atoms with E-state index in [0.717, 1.165) is 12.2 Å². The van der Waals surface area contributed by atoms with Crippen molar-refractivity contribution >= 4 is 30.0 Å². The molecule has 0 saturated heterocycles. The van der Waals surface area contributed by atoms with Gasteiger partial charge in [0.25, 0.3) is 0 Å². The van der Waals surface area contributed by atoms with Crippen LogP contribution in [0.4, 0.5) is 0 Å². The molecule has 8 heteroatoms. The van der Waals surface area contributed by atoms with Crippen molar-refractivity contribution in [1.29, 1.82) is 0 Å². The average Bonchev–Trinajstić information content (AvgIpc) is 2.90. The highest BCUT2D eigenvalue weighted by Gasteiger charge is 2.12. The zero-order valence-electron chi connectivity index (χ0n) is 19.8. The molecule has 0 saturated carbocycles. The van der Waals surface area contributed by atoms with E-state index < -0.39 is 23.9 Å². The summed E-state index contributed by atoms with van der Waals surface area (Å²) in [5.41, 5.74) is 1.52. The minimum absolute atomic E-state index is 0.255. The second-order valence-corrected chi connectivity index (χ2v) is 7.42. The Labute approximate surface area is 213 Å². The lowest BCUT2D eigenvalue weighted by molar-refractivity contribution is -0.129. The van der Waals surface area contributed by atoms with Gasteiger partial charge in [0.1, 0.15) is 23.0 Å². The summed E-state index contributed by atoms with van der Waals surface area (Å²) in [5, 5.41) is 0. The third-order valence-corrected chi connectivity index (χ3v) is 4.72. The van der Waals surface area contributed by atoms with Crippen molar-refractivity contribution in [3.63, 3.8) is 0 Å². The first-order chi connectivity index (χ1) is 17.8. The minimum Gasteiger partial charge on any atom is -0.423 e. The van der Waals surface area contributed by atoms with Crippen LogP contribution in [0.1, 0.15) is 21.5 Å². The summed E-state index contributed by atoms with van der Waals surface area (Å²) in [7, 11) is 0. The minimum atomic E-state index is -0.609. The van der Waals surface area contributed by atoms with Crippen LogP contribution in [0.15, 0.2) is 98.1 Å². The molecule has 0 aromatic heterocycles. The largest absolute Gasteiger partial charge is 0.423 e. The van der Waals surface area contributed by atoms with Crippen LogP contribution >= 0.6 is 0 Å². The molecule has 0 radical (unpaired) electrons. The zero-order chi connectivity index (χ0) is 26.8. The molecule has 3 aromatic rings. The van der Waals surface area contributed by atoms with Gasteiger partial charge in [-0.05, 0) is 78.7 Å². The summed E-state index contributed by atoms with van der Waals surface area (Å²) in [4.78, 5) is 47.1. The monoisotopic (exact) mass is 498 g/mol. The molecule has 3 aromatic carbocycles. The first-order valence-corrected chi connectivity index (χ1v) is 10.9. The Morgan fingerprint density at radius 1 is 0.649 bits per heavy atom. The molecule has 8 nitrogen and oxygen atoms in total. The molecule has 37 heavy (non-hydrogen) atoms. The van der Waals surface area contributed by atoms with Crippen LogP contribution in [0, 0.1) is 6.92 Å². The average molecular weight is 498 g/mol. The van der Waals surface area contributed by atoms with Crippen LogP contribution < -0.4 is 18.9 Å². The van der Waals surface area contributed by atoms with Crippen LogP contribution in [0.5, 0.6) is 23.0 Å². The summed E-state index contributed by atoms with van der Waals surface area (Å²) in [6.45, 7) is 8.35. The van der Waals surface area contributed by atoms with Gasteiger partial charge in [0.2, 0.25) is 0 Å². The standard InChI is InChI=1S/C29H22O8/c1-4-26(30)34-22-11-6-20(7-12-22)8-17-28(32)36-24-15-16-25(19(3)18-24)37-29(33)21-9-13-23(14-10-21)35-27(31)5-2/h4-18H,1-2H2,3H3/b17-8+. The predicted molar refractivity (Wildman–Crippen MR) is 135 cm³/mol. The topological polar surface area (TPSA) is 105 Å². The number of hydrogen-bond acceptors (Lipinski definition) is 8. The fourth-order valence-electron chi connectivity index (χ4n) is 2.89. The highest BCUT2D eigenvalue weighted by atomic mass is 16.5. The number of ether oxygens (including phenoxy) is 4. The Morgan fingerprint density at radius 2 is 1.16 bits per heavy atom. The van der Waals surface area contributed by atoms with E-state index in [1.807, 2.05) is 0 Å². The predicted octanol–water partition coefficient (Wildman–Crippen LogP) is 5.02. The first kappa shape index (κ1) is 26.4. The van der Waals surface area contributed by atoms with Crippen LogP contribution in [0.3, 0.4) is 0 Å². The molecule has 3 rings (SSSR count). The fraction of sp³-hybridized carbons (Fsp3) is 0.0345. The number of hydrogen-bond donors (Lipinski definition) is 0. The van der Waals surface area contributed by atoms with Gasteiger partial charge in [-0.1, -0.05) is 25.3 Å². The van der Waals surface area contributed by atoms with E-state index in [-0.39, 0.29) is 17.1 Å². The lowest BCUT2D eigenvalue weighted by Gasteiger charge is -2.09. The number of esters is 4. The molecule has 0 atom stereocenters. The lowest BCUT2D eigenvalue weighted by atomic mass is 10.2. The van der Waals surface area contributed by atoms with Gasteiger partial charge < -0.3 is 18.9 Å². The van der Waals surface area contributed by atoms with Gasteiger partial charge in [0.05, 0.1) is 5.56 Å². The molecule has 0 aliphatic carbocycles. The van der Waals surface area contributed by atoms with E-state index in [0.29, 0.717) is 22.6 Å². The third-order valence-electron chi connectivity index (χ3n) is 4.72. The van der Waals surface area contributed by atoms with E-state index in [1.54, 1.807) is 43.3 Å². The fourth-order valence-corrected chi connectivity index (χ4v) is 2.89. The van der Waals surface area contributed by atoms with Gasteiger partial charge in [-0.25, -0.2) is 19.2 Å². The van der Waals surface area contributed by atoms with E-state index in [4.69, 9.17) is 18.9 Å². The van der Waals surface area contributed by atoms with Gasteiger partial charge in [-0.2, -0.15) is 0 Å². The summed E-state index contributed by atoms with van der Waals surface area (Å²) in [5.74, 6) is -1.20. The number of aryl methyl sites for hydroxylation is 1. The Morgan fingerprint density at radius 3 is 1.70 bits per heavy atom. The number of carbonyl (C=O) groups excluding carboxylic acids is 4. The van der Waals surface area contributed by atoms with Crippen molar-refractivity contribution in [2.75, 3.05) is 0 Å². The molecule has 0 N–H and O–H groups in total. The number of benzene rings is 3. The van der Waals surface area contributed by atoms with Gasteiger partial charge >= 0.3 is 23.9 Å². The highest BCUT2D eigenvalue weighted by molar-refractivity contribution is 5.92. The summed E-state index contributed by atoms with van der Waals surface area (Å²) < 4.78 is 20.7. The van der Waals surface area contributed by atoms with Gasteiger partial charge in [-0.3, -0.25) is 0 Å². The normalized spacial score (nSPS) is 10.3. The van der Waals surface area contributed by atoms with Crippen molar-refractivity contribution in [2.45, 2.75) is 6.92 Å². The van der Waals surface area contributed by atoms with Crippen molar-refractivity contribution < 1.29 is 38.1 Å². The van der Waals surface area contributed by atoms with Crippen LogP contribution in [0.2, 0.25) is 0 Å². The summed E-state index contributed by atoms with van der Waals surface area (Å²) >= 11 is 0. The molecule has 0 aliphatic rings. The molecule has 0 unspecified atom stereocenters. The maximum atomic E-state index is 12.5. The van der Waals surface area contributed by atoms with Gasteiger partial charge in [-0.15, -0.1) is 0 Å². The van der Waals surface area contributed by atoms with Gasteiger partial charge in [0.15, 0.2) is 0 Å². The lowest BCUT2D eigenvalue weighted by Crippen LogP contribution is -2.10. The van der Waals surface area contributed by atoms with E-state index >= 15 is 0 Å². The van der Waals surface area contributed by atoms with Crippen LogP contribution in [-0.4, -0.2) is 23.9 Å². The van der Waals surface area contributed by atoms with Crippen LogP contribution in [0.25, 0.3) is 6.08 Å². The Kier molecular flexibility index (Phi) is 8.88. The molecule has 0 fully saturated rings.